The van der Waals surface area contributed by atoms with Gasteiger partial charge in [0.1, 0.15) is 23.7 Å². The molecule has 5 amide bonds. The number of aromatic nitrogens is 2. The number of aliphatic hydroxyl groups excluding tert-OH is 1. The van der Waals surface area contributed by atoms with Gasteiger partial charge in [0, 0.05) is 23.1 Å². The second kappa shape index (κ2) is 21.2. The van der Waals surface area contributed by atoms with Crippen molar-refractivity contribution in [3.63, 3.8) is 0 Å². The van der Waals surface area contributed by atoms with Crippen molar-refractivity contribution in [3.8, 4) is 0 Å². The number of azide groups is 1. The highest BCUT2D eigenvalue weighted by Crippen LogP contribution is 2.17. The Morgan fingerprint density at radius 2 is 1.52 bits per heavy atom. The molecule has 0 saturated carbocycles. The van der Waals surface area contributed by atoms with Gasteiger partial charge >= 0.3 is 6.09 Å². The Morgan fingerprint density at radius 1 is 0.885 bits per heavy atom. The standard InChI is InChI=1S/C35H62N10O7/c1-19(2)13-25(28(46)14-22(7)30(47)41-29(21(5)6)33(50)37-16-20(3)4)39-31(48)26(17-38-34(51)52-35(10,11)12)40-32(49)27(42-44-36)18-45-24(9)15-23(8)43-45/h15,19-22,25-29,46H,13-14,16-18H2,1-12H3,(H,37,50)(H,38,51)(H,39,48)(H,40,49)(H,41,47)/t22-,25+,26+,27?,28+,29+/m1/s1. The van der Waals surface area contributed by atoms with E-state index in [-0.39, 0.29) is 36.6 Å². The molecule has 17 heteroatoms. The fourth-order valence-corrected chi connectivity index (χ4v) is 5.22. The minimum absolute atomic E-state index is 0.00194. The molecule has 17 nitrogen and oxygen atoms in total. The molecule has 0 aliphatic heterocycles. The summed E-state index contributed by atoms with van der Waals surface area (Å²) in [4.78, 5) is 68.6. The summed E-state index contributed by atoms with van der Waals surface area (Å²) in [5.41, 5.74) is 9.80. The summed E-state index contributed by atoms with van der Waals surface area (Å²) in [6, 6.07) is -2.51. The van der Waals surface area contributed by atoms with Crippen LogP contribution < -0.4 is 26.6 Å². The van der Waals surface area contributed by atoms with E-state index in [2.05, 4.69) is 41.7 Å². The van der Waals surface area contributed by atoms with E-state index in [0.29, 0.717) is 18.7 Å². The summed E-state index contributed by atoms with van der Waals surface area (Å²) >= 11 is 0. The third kappa shape index (κ3) is 16.8. The average Bonchev–Trinajstić information content (AvgIpc) is 3.33. The summed E-state index contributed by atoms with van der Waals surface area (Å²) in [5.74, 6) is -2.93. The number of aryl methyl sites for hydroxylation is 2. The number of alkyl carbamates (subject to hydrolysis) is 1. The largest absolute Gasteiger partial charge is 0.444 e. The Labute approximate surface area is 307 Å². The topological polar surface area (TPSA) is 242 Å². The van der Waals surface area contributed by atoms with E-state index in [1.807, 2.05) is 41.5 Å². The fourth-order valence-electron chi connectivity index (χ4n) is 5.22. The predicted molar refractivity (Wildman–Crippen MR) is 197 cm³/mol. The van der Waals surface area contributed by atoms with Crippen LogP contribution >= 0.6 is 0 Å². The Hall–Kier alpha value is -4.37. The van der Waals surface area contributed by atoms with Crippen LogP contribution in [0.2, 0.25) is 0 Å². The molecule has 1 heterocycles. The molecule has 52 heavy (non-hydrogen) atoms. The number of carbonyl (C=O) groups excluding carboxylic acids is 5. The van der Waals surface area contributed by atoms with Gasteiger partial charge in [-0.15, -0.1) is 0 Å². The van der Waals surface area contributed by atoms with Crippen LogP contribution in [0.1, 0.15) is 93.5 Å². The zero-order chi connectivity index (χ0) is 39.9. The van der Waals surface area contributed by atoms with Crippen molar-refractivity contribution in [1.82, 2.24) is 36.4 Å². The van der Waals surface area contributed by atoms with Crippen molar-refractivity contribution in [1.29, 1.82) is 0 Å². The van der Waals surface area contributed by atoms with Gasteiger partial charge in [0.2, 0.25) is 23.6 Å². The molecule has 0 aromatic carbocycles. The number of hydrogen-bond donors (Lipinski definition) is 6. The molecule has 6 atom stereocenters. The van der Waals surface area contributed by atoms with E-state index in [4.69, 9.17) is 4.74 Å². The zero-order valence-electron chi connectivity index (χ0n) is 32.9. The number of amides is 5. The first-order valence-electron chi connectivity index (χ1n) is 17.9. The van der Waals surface area contributed by atoms with Crippen molar-refractivity contribution in [2.24, 2.45) is 28.8 Å². The van der Waals surface area contributed by atoms with Crippen molar-refractivity contribution in [2.45, 2.75) is 138 Å². The second-order valence-corrected chi connectivity index (χ2v) is 15.6. The molecule has 0 aliphatic carbocycles. The number of hydrogen-bond acceptors (Lipinski definition) is 9. The Balaban J connectivity index is 3.23. The van der Waals surface area contributed by atoms with E-state index in [1.54, 1.807) is 47.6 Å². The van der Waals surface area contributed by atoms with Crippen molar-refractivity contribution in [2.75, 3.05) is 13.1 Å². The summed E-state index contributed by atoms with van der Waals surface area (Å²) in [5, 5.41) is 32.8. The van der Waals surface area contributed by atoms with E-state index in [0.717, 1.165) is 5.69 Å². The van der Waals surface area contributed by atoms with Crippen LogP contribution in [-0.2, 0) is 30.5 Å². The Morgan fingerprint density at radius 3 is 2.02 bits per heavy atom. The van der Waals surface area contributed by atoms with Gasteiger partial charge in [-0.1, -0.05) is 53.6 Å². The predicted octanol–water partition coefficient (Wildman–Crippen LogP) is 3.02. The van der Waals surface area contributed by atoms with E-state index >= 15 is 0 Å². The molecule has 294 valence electrons. The maximum Gasteiger partial charge on any atom is 0.407 e. The van der Waals surface area contributed by atoms with Gasteiger partial charge in [-0.25, -0.2) is 4.79 Å². The number of aliphatic hydroxyl groups is 1. The van der Waals surface area contributed by atoms with Gasteiger partial charge in [0.05, 0.1) is 30.9 Å². The van der Waals surface area contributed by atoms with E-state index in [9.17, 15) is 34.6 Å². The summed E-state index contributed by atoms with van der Waals surface area (Å²) in [6.45, 7) is 21.6. The molecule has 1 aromatic rings. The quantitative estimate of drug-likeness (QED) is 0.0659. The maximum absolute atomic E-state index is 13.8. The van der Waals surface area contributed by atoms with Gasteiger partial charge in [0.15, 0.2) is 0 Å². The molecule has 1 rings (SSSR count). The number of nitrogens with one attached hydrogen (secondary N) is 5. The highest BCUT2D eigenvalue weighted by Gasteiger charge is 2.33. The lowest BCUT2D eigenvalue weighted by Crippen LogP contribution is -2.58. The summed E-state index contributed by atoms with van der Waals surface area (Å²) in [7, 11) is 0. The second-order valence-electron chi connectivity index (χ2n) is 15.6. The molecular formula is C35H62N10O7. The van der Waals surface area contributed by atoms with Crippen LogP contribution in [0.5, 0.6) is 0 Å². The molecule has 0 fully saturated rings. The zero-order valence-corrected chi connectivity index (χ0v) is 32.9. The molecule has 0 spiro atoms. The van der Waals surface area contributed by atoms with Gasteiger partial charge in [-0.2, -0.15) is 5.10 Å². The number of carbonyl (C=O) groups is 5. The third-order valence-electron chi connectivity index (χ3n) is 7.92. The molecule has 6 N–H and O–H groups in total. The lowest BCUT2D eigenvalue weighted by atomic mass is 9.91. The van der Waals surface area contributed by atoms with Crippen molar-refractivity contribution >= 4 is 29.7 Å². The molecule has 0 saturated heterocycles. The minimum atomic E-state index is -1.38. The third-order valence-corrected chi connectivity index (χ3v) is 7.92. The number of rotatable bonds is 20. The van der Waals surface area contributed by atoms with Crippen LogP contribution in [-0.4, -0.2) is 93.6 Å². The van der Waals surface area contributed by atoms with Crippen LogP contribution in [0.15, 0.2) is 11.2 Å². The SMILES string of the molecule is Cc1cc(C)n(CC(N=[N+]=[N-])C(=O)N[C@@H](CNC(=O)OC(C)(C)C)C(=O)N[C@@H](CC(C)C)[C@@H](O)C[C@@H](C)C(=O)N[C@H](C(=O)NCC(C)C)C(C)C)n1. The van der Waals surface area contributed by atoms with Crippen molar-refractivity contribution in [3.05, 3.63) is 27.9 Å². The molecule has 0 aliphatic rings. The van der Waals surface area contributed by atoms with Gasteiger partial charge < -0.3 is 36.4 Å². The minimum Gasteiger partial charge on any atom is -0.444 e. The molecule has 1 unspecified atom stereocenters. The molecule has 0 bridgehead atoms. The van der Waals surface area contributed by atoms with Crippen LogP contribution in [0.3, 0.4) is 0 Å². The van der Waals surface area contributed by atoms with Crippen LogP contribution in [0, 0.1) is 37.5 Å². The Kier molecular flexibility index (Phi) is 18.6. The van der Waals surface area contributed by atoms with Gasteiger partial charge in [-0.3, -0.25) is 23.9 Å². The van der Waals surface area contributed by atoms with E-state index < -0.39 is 72.1 Å². The first-order valence-corrected chi connectivity index (χ1v) is 17.9. The van der Waals surface area contributed by atoms with Crippen LogP contribution in [0.4, 0.5) is 4.79 Å². The van der Waals surface area contributed by atoms with E-state index in [1.165, 1.54) is 4.68 Å². The smallest absolute Gasteiger partial charge is 0.407 e. The lowest BCUT2D eigenvalue weighted by Gasteiger charge is -2.30. The molecule has 1 aromatic heterocycles. The lowest BCUT2D eigenvalue weighted by molar-refractivity contribution is -0.133. The van der Waals surface area contributed by atoms with Crippen molar-refractivity contribution < 1.29 is 33.8 Å². The number of ether oxygens (including phenoxy) is 1. The first-order chi connectivity index (χ1) is 24.0. The maximum atomic E-state index is 13.8. The molecule has 0 radical (unpaired) electrons. The van der Waals surface area contributed by atoms with Crippen LogP contribution in [0.25, 0.3) is 10.4 Å². The fraction of sp³-hybridized carbons (Fsp3) is 0.771. The average molecular weight is 735 g/mol. The van der Waals surface area contributed by atoms with Gasteiger partial charge in [-0.05, 0) is 76.8 Å². The monoisotopic (exact) mass is 734 g/mol. The summed E-state index contributed by atoms with van der Waals surface area (Å²) in [6.07, 6.45) is -1.76. The highest BCUT2D eigenvalue weighted by molar-refractivity contribution is 5.91. The number of nitrogens with zero attached hydrogens (tertiary/aromatic N) is 5. The first kappa shape index (κ1) is 45.7. The normalized spacial score (nSPS) is 15.1. The summed E-state index contributed by atoms with van der Waals surface area (Å²) < 4.78 is 6.81. The van der Waals surface area contributed by atoms with Gasteiger partial charge in [0.25, 0.3) is 0 Å². The Bertz CT molecular complexity index is 1400. The highest BCUT2D eigenvalue weighted by atomic mass is 16.6. The molecular weight excluding hydrogens is 672 g/mol.